The number of alkyl carbamates (subject to hydrolysis) is 1. The Morgan fingerprint density at radius 1 is 1.00 bits per heavy atom. The molecule has 1 aliphatic carbocycles. The molecule has 25 heavy (non-hydrogen) atoms. The third kappa shape index (κ3) is 3.36. The average molecular weight is 339 g/mol. The van der Waals surface area contributed by atoms with Gasteiger partial charge >= 0.3 is 12.1 Å². The van der Waals surface area contributed by atoms with Crippen LogP contribution in [0.15, 0.2) is 48.5 Å². The maximum Gasteiger partial charge on any atom is 0.408 e. The van der Waals surface area contributed by atoms with Gasteiger partial charge < -0.3 is 15.2 Å². The van der Waals surface area contributed by atoms with Crippen molar-refractivity contribution >= 4 is 12.1 Å². The minimum Gasteiger partial charge on any atom is -0.480 e. The summed E-state index contributed by atoms with van der Waals surface area (Å²) in [6, 6.07) is 14.3. The third-order valence-electron chi connectivity index (χ3n) is 4.15. The van der Waals surface area contributed by atoms with E-state index in [9.17, 15) is 14.7 Å². The summed E-state index contributed by atoms with van der Waals surface area (Å²) in [5, 5.41) is 12.3. The predicted octanol–water partition coefficient (Wildman–Crippen LogP) is 3.78. The second-order valence-electron chi connectivity index (χ2n) is 7.11. The van der Waals surface area contributed by atoms with Crippen LogP contribution in [0.3, 0.4) is 0 Å². The number of benzene rings is 2. The highest BCUT2D eigenvalue weighted by molar-refractivity contribution is 5.87. The van der Waals surface area contributed by atoms with Crippen molar-refractivity contribution in [2.75, 3.05) is 0 Å². The lowest BCUT2D eigenvalue weighted by Gasteiger charge is -2.25. The van der Waals surface area contributed by atoms with Crippen molar-refractivity contribution in [3.8, 4) is 11.1 Å². The number of amides is 1. The first-order valence-corrected chi connectivity index (χ1v) is 8.18. The van der Waals surface area contributed by atoms with Gasteiger partial charge in [0.2, 0.25) is 0 Å². The number of ether oxygens (including phenoxy) is 1. The summed E-state index contributed by atoms with van der Waals surface area (Å²) in [5.41, 5.74) is 3.10. The number of fused-ring (bicyclic) bond motifs is 3. The molecule has 2 N–H and O–H groups in total. The molecule has 130 valence electrons. The topological polar surface area (TPSA) is 75.6 Å². The Bertz CT molecular complexity index is 777. The fraction of sp³-hybridized carbons (Fsp3) is 0.300. The summed E-state index contributed by atoms with van der Waals surface area (Å²) < 4.78 is 5.24. The second-order valence-corrected chi connectivity index (χ2v) is 7.11. The molecule has 0 heterocycles. The number of hydrogen-bond donors (Lipinski definition) is 2. The van der Waals surface area contributed by atoms with E-state index in [0.29, 0.717) is 0 Å². The van der Waals surface area contributed by atoms with E-state index in [1.54, 1.807) is 20.8 Å². The molecule has 0 saturated carbocycles. The van der Waals surface area contributed by atoms with Crippen LogP contribution in [0.2, 0.25) is 0 Å². The Morgan fingerprint density at radius 2 is 1.48 bits per heavy atom. The van der Waals surface area contributed by atoms with Gasteiger partial charge in [0.15, 0.2) is 0 Å². The molecular weight excluding hydrogens is 318 g/mol. The minimum atomic E-state index is -1.11. The van der Waals surface area contributed by atoms with Gasteiger partial charge in [-0.25, -0.2) is 9.59 Å². The van der Waals surface area contributed by atoms with Crippen LogP contribution >= 0.6 is 0 Å². The van der Waals surface area contributed by atoms with Gasteiger partial charge in [-0.2, -0.15) is 0 Å². The van der Waals surface area contributed by atoms with Gasteiger partial charge in [0.1, 0.15) is 11.6 Å². The van der Waals surface area contributed by atoms with E-state index in [2.05, 4.69) is 5.32 Å². The zero-order valence-corrected chi connectivity index (χ0v) is 14.4. The molecule has 1 unspecified atom stereocenters. The molecule has 2 aromatic carbocycles. The van der Waals surface area contributed by atoms with Gasteiger partial charge in [0, 0.05) is 5.92 Å². The van der Waals surface area contributed by atoms with E-state index in [1.807, 2.05) is 48.5 Å². The van der Waals surface area contributed by atoms with Crippen LogP contribution in [-0.2, 0) is 9.53 Å². The standard InChI is InChI=1S/C20H21NO4/c1-20(2,3)25-19(24)21-17(18(22)23)16-14-10-6-4-8-12(14)13-9-5-7-11-15(13)16/h4-11,16-17H,1-3H3,(H,21,24)(H,22,23). The fourth-order valence-corrected chi connectivity index (χ4v) is 3.28. The van der Waals surface area contributed by atoms with Crippen LogP contribution in [0, 0.1) is 0 Å². The number of aliphatic carboxylic acids is 1. The molecule has 1 aliphatic rings. The Hall–Kier alpha value is -2.82. The highest BCUT2D eigenvalue weighted by atomic mass is 16.6. The number of rotatable bonds is 3. The van der Waals surface area contributed by atoms with Crippen LogP contribution in [-0.4, -0.2) is 28.8 Å². The number of nitrogens with one attached hydrogen (secondary N) is 1. The van der Waals surface area contributed by atoms with Crippen molar-refractivity contribution in [3.05, 3.63) is 59.7 Å². The van der Waals surface area contributed by atoms with E-state index in [-0.39, 0.29) is 0 Å². The number of carboxylic acid groups (broad SMARTS) is 1. The Labute approximate surface area is 146 Å². The van der Waals surface area contributed by atoms with E-state index in [4.69, 9.17) is 4.74 Å². The smallest absolute Gasteiger partial charge is 0.408 e. The number of hydrogen-bond acceptors (Lipinski definition) is 3. The van der Waals surface area contributed by atoms with Crippen LogP contribution < -0.4 is 5.32 Å². The first-order valence-electron chi connectivity index (χ1n) is 8.18. The number of carboxylic acids is 1. The van der Waals surface area contributed by atoms with E-state index in [1.165, 1.54) is 0 Å². The zero-order chi connectivity index (χ0) is 18.2. The molecule has 0 radical (unpaired) electrons. The maximum absolute atomic E-state index is 12.2. The van der Waals surface area contributed by atoms with Crippen molar-refractivity contribution in [3.63, 3.8) is 0 Å². The van der Waals surface area contributed by atoms with Crippen LogP contribution in [0.5, 0.6) is 0 Å². The van der Waals surface area contributed by atoms with Gasteiger partial charge in [0.05, 0.1) is 0 Å². The van der Waals surface area contributed by atoms with E-state index >= 15 is 0 Å². The molecule has 2 aromatic rings. The summed E-state index contributed by atoms with van der Waals surface area (Å²) in [7, 11) is 0. The van der Waals surface area contributed by atoms with E-state index < -0.39 is 29.6 Å². The van der Waals surface area contributed by atoms with E-state index in [0.717, 1.165) is 22.3 Å². The summed E-state index contributed by atoms with van der Waals surface area (Å²) in [5.74, 6) is -1.56. The molecule has 0 aliphatic heterocycles. The second kappa shape index (κ2) is 6.24. The van der Waals surface area contributed by atoms with Gasteiger partial charge in [-0.05, 0) is 43.0 Å². The normalized spacial score (nSPS) is 14.4. The molecule has 5 heteroatoms. The summed E-state index contributed by atoms with van der Waals surface area (Å²) in [6.07, 6.45) is -0.734. The predicted molar refractivity (Wildman–Crippen MR) is 94.5 cm³/mol. The summed E-state index contributed by atoms with van der Waals surface area (Å²) in [4.78, 5) is 24.1. The van der Waals surface area contributed by atoms with Crippen LogP contribution in [0.25, 0.3) is 11.1 Å². The number of carbonyl (C=O) groups is 2. The van der Waals surface area contributed by atoms with Crippen molar-refractivity contribution in [2.24, 2.45) is 0 Å². The maximum atomic E-state index is 12.2. The molecule has 0 aromatic heterocycles. The third-order valence-corrected chi connectivity index (χ3v) is 4.15. The Kier molecular flexibility index (Phi) is 4.25. The lowest BCUT2D eigenvalue weighted by molar-refractivity contribution is -0.139. The highest BCUT2D eigenvalue weighted by Crippen LogP contribution is 2.46. The lowest BCUT2D eigenvalue weighted by Crippen LogP contribution is -2.46. The zero-order valence-electron chi connectivity index (χ0n) is 14.4. The molecule has 0 saturated heterocycles. The Balaban J connectivity index is 2.00. The molecule has 0 spiro atoms. The minimum absolute atomic E-state index is 0.461. The van der Waals surface area contributed by atoms with Crippen molar-refractivity contribution in [2.45, 2.75) is 38.3 Å². The summed E-state index contributed by atoms with van der Waals surface area (Å²) in [6.45, 7) is 5.22. The van der Waals surface area contributed by atoms with Crippen molar-refractivity contribution < 1.29 is 19.4 Å². The lowest BCUT2D eigenvalue weighted by atomic mass is 9.89. The quantitative estimate of drug-likeness (QED) is 0.892. The molecule has 1 amide bonds. The largest absolute Gasteiger partial charge is 0.480 e. The molecule has 3 rings (SSSR count). The monoisotopic (exact) mass is 339 g/mol. The summed E-state index contributed by atoms with van der Waals surface area (Å²) >= 11 is 0. The fourth-order valence-electron chi connectivity index (χ4n) is 3.28. The SMILES string of the molecule is CC(C)(C)OC(=O)NC(C(=O)O)C1c2ccccc2-c2ccccc21. The molecule has 5 nitrogen and oxygen atoms in total. The molecule has 1 atom stereocenters. The molecule has 0 bridgehead atoms. The van der Waals surface area contributed by atoms with Gasteiger partial charge in [-0.1, -0.05) is 48.5 Å². The number of carbonyl (C=O) groups excluding carboxylic acids is 1. The molecule has 0 fully saturated rings. The van der Waals surface area contributed by atoms with Gasteiger partial charge in [-0.15, -0.1) is 0 Å². The van der Waals surface area contributed by atoms with Crippen molar-refractivity contribution in [1.82, 2.24) is 5.32 Å². The average Bonchev–Trinajstić information content (AvgIpc) is 2.85. The van der Waals surface area contributed by atoms with Gasteiger partial charge in [0.25, 0.3) is 0 Å². The first kappa shape index (κ1) is 17.0. The highest BCUT2D eigenvalue weighted by Gasteiger charge is 2.39. The van der Waals surface area contributed by atoms with Crippen LogP contribution in [0.1, 0.15) is 37.8 Å². The molecular formula is C20H21NO4. The first-order chi connectivity index (χ1) is 11.8. The van der Waals surface area contributed by atoms with Crippen molar-refractivity contribution in [1.29, 1.82) is 0 Å². The van der Waals surface area contributed by atoms with Crippen LogP contribution in [0.4, 0.5) is 4.79 Å². The van der Waals surface area contributed by atoms with Gasteiger partial charge in [-0.3, -0.25) is 0 Å². The Morgan fingerprint density at radius 3 is 1.92 bits per heavy atom.